The van der Waals surface area contributed by atoms with Crippen LogP contribution in [0.2, 0.25) is 0 Å². The van der Waals surface area contributed by atoms with Gasteiger partial charge >= 0.3 is 12.1 Å². The van der Waals surface area contributed by atoms with Gasteiger partial charge in [-0.15, -0.1) is 0 Å². The maximum Gasteiger partial charge on any atom is 0.405 e. The summed E-state index contributed by atoms with van der Waals surface area (Å²) in [5.41, 5.74) is 0.268. The Morgan fingerprint density at radius 1 is 1.12 bits per heavy atom. The molecule has 0 spiro atoms. The van der Waals surface area contributed by atoms with Gasteiger partial charge in [0.15, 0.2) is 6.10 Å². The molecule has 10 heteroatoms. The molecule has 1 aromatic carbocycles. The first-order chi connectivity index (χ1) is 11.6. The minimum absolute atomic E-state index is 0.268. The molecular weight excluding hydrogens is 345 g/mol. The van der Waals surface area contributed by atoms with Crippen molar-refractivity contribution in [2.24, 2.45) is 0 Å². The zero-order valence-corrected chi connectivity index (χ0v) is 13.5. The summed E-state index contributed by atoms with van der Waals surface area (Å²) in [6.45, 7) is -0.946. The summed E-state index contributed by atoms with van der Waals surface area (Å²) in [7, 11) is 1.47. The van der Waals surface area contributed by atoms with E-state index in [0.717, 1.165) is 6.92 Å². The van der Waals surface area contributed by atoms with Crippen LogP contribution >= 0.6 is 0 Å². The summed E-state index contributed by atoms with van der Waals surface area (Å²) in [5, 5.41) is 3.86. The van der Waals surface area contributed by atoms with Gasteiger partial charge in [-0.25, -0.2) is 0 Å². The third-order valence-electron chi connectivity index (χ3n) is 2.89. The van der Waals surface area contributed by atoms with Crippen molar-refractivity contribution in [3.05, 3.63) is 29.8 Å². The van der Waals surface area contributed by atoms with Gasteiger partial charge in [-0.05, 0) is 31.2 Å². The smallest absolute Gasteiger partial charge is 0.405 e. The largest absolute Gasteiger partial charge is 0.497 e. The lowest BCUT2D eigenvalue weighted by Crippen LogP contribution is -2.42. The molecule has 0 saturated heterocycles. The Bertz CT molecular complexity index is 617. The maximum atomic E-state index is 12.0. The number of benzene rings is 1. The molecule has 1 atom stereocenters. The lowest BCUT2D eigenvalue weighted by atomic mass is 10.2. The van der Waals surface area contributed by atoms with Crippen molar-refractivity contribution in [3.63, 3.8) is 0 Å². The van der Waals surface area contributed by atoms with Crippen LogP contribution in [0.15, 0.2) is 24.3 Å². The average Bonchev–Trinajstić information content (AvgIpc) is 2.56. The molecule has 0 heterocycles. The number of methoxy groups -OCH3 is 1. The number of nitrogens with one attached hydrogen (secondary N) is 2. The second-order valence-electron chi connectivity index (χ2n) is 4.88. The van der Waals surface area contributed by atoms with E-state index < -0.39 is 43.2 Å². The van der Waals surface area contributed by atoms with Crippen LogP contribution in [0.4, 0.5) is 13.2 Å². The molecule has 1 rings (SSSR count). The van der Waals surface area contributed by atoms with Crippen molar-refractivity contribution in [2.75, 3.05) is 20.2 Å². The SMILES string of the molecule is COc1ccc(C(=O)NCC(=O)O[C@H](C)C(=O)NCC(F)(F)F)cc1. The van der Waals surface area contributed by atoms with Crippen LogP contribution < -0.4 is 15.4 Å². The predicted molar refractivity (Wildman–Crippen MR) is 79.9 cm³/mol. The van der Waals surface area contributed by atoms with Crippen LogP contribution in [-0.4, -0.2) is 50.3 Å². The van der Waals surface area contributed by atoms with Crippen molar-refractivity contribution < 1.29 is 37.0 Å². The Labute approximate surface area is 141 Å². The van der Waals surface area contributed by atoms with Gasteiger partial charge < -0.3 is 20.1 Å². The van der Waals surface area contributed by atoms with Crippen LogP contribution in [-0.2, 0) is 14.3 Å². The molecule has 0 bridgehead atoms. The van der Waals surface area contributed by atoms with Gasteiger partial charge in [0.1, 0.15) is 18.8 Å². The minimum Gasteiger partial charge on any atom is -0.497 e. The molecule has 2 amide bonds. The highest BCUT2D eigenvalue weighted by molar-refractivity contribution is 5.96. The molecule has 0 aliphatic carbocycles. The van der Waals surface area contributed by atoms with Gasteiger partial charge in [-0.1, -0.05) is 0 Å². The molecule has 0 radical (unpaired) electrons. The summed E-state index contributed by atoms with van der Waals surface area (Å²) < 4.78 is 45.5. The first-order valence-electron chi connectivity index (χ1n) is 7.08. The van der Waals surface area contributed by atoms with E-state index in [1.165, 1.54) is 19.2 Å². The number of amides is 2. The van der Waals surface area contributed by atoms with Crippen LogP contribution in [0, 0.1) is 0 Å². The Morgan fingerprint density at radius 2 is 1.72 bits per heavy atom. The molecule has 0 aliphatic heterocycles. The molecule has 0 unspecified atom stereocenters. The monoisotopic (exact) mass is 362 g/mol. The van der Waals surface area contributed by atoms with E-state index in [0.29, 0.717) is 5.75 Å². The van der Waals surface area contributed by atoms with Gasteiger partial charge in [-0.2, -0.15) is 13.2 Å². The first kappa shape index (κ1) is 20.3. The number of ether oxygens (including phenoxy) is 2. The molecule has 138 valence electrons. The number of esters is 1. The van der Waals surface area contributed by atoms with E-state index in [1.807, 2.05) is 0 Å². The molecule has 0 fully saturated rings. The van der Waals surface area contributed by atoms with Crippen LogP contribution in [0.3, 0.4) is 0 Å². The summed E-state index contributed by atoms with van der Waals surface area (Å²) in [6.07, 6.45) is -5.99. The van der Waals surface area contributed by atoms with E-state index in [-0.39, 0.29) is 5.56 Å². The molecule has 25 heavy (non-hydrogen) atoms. The van der Waals surface area contributed by atoms with E-state index in [2.05, 4.69) is 10.1 Å². The molecule has 0 aromatic heterocycles. The minimum atomic E-state index is -4.56. The van der Waals surface area contributed by atoms with Gasteiger partial charge in [-0.3, -0.25) is 14.4 Å². The van der Waals surface area contributed by atoms with Crippen molar-refractivity contribution in [1.82, 2.24) is 10.6 Å². The summed E-state index contributed by atoms with van der Waals surface area (Å²) in [6, 6.07) is 6.07. The topological polar surface area (TPSA) is 93.7 Å². The third-order valence-corrected chi connectivity index (χ3v) is 2.89. The van der Waals surface area contributed by atoms with Gasteiger partial charge in [0.2, 0.25) is 0 Å². The lowest BCUT2D eigenvalue weighted by molar-refractivity contribution is -0.156. The second-order valence-corrected chi connectivity index (χ2v) is 4.88. The second kappa shape index (κ2) is 8.90. The molecule has 1 aromatic rings. The summed E-state index contributed by atoms with van der Waals surface area (Å²) in [4.78, 5) is 34.7. The Balaban J connectivity index is 2.40. The molecule has 2 N–H and O–H groups in total. The highest BCUT2D eigenvalue weighted by Gasteiger charge is 2.29. The fourth-order valence-electron chi connectivity index (χ4n) is 1.62. The van der Waals surface area contributed by atoms with Gasteiger partial charge in [0.25, 0.3) is 11.8 Å². The first-order valence-corrected chi connectivity index (χ1v) is 7.08. The highest BCUT2D eigenvalue weighted by atomic mass is 19.4. The van der Waals surface area contributed by atoms with Crippen molar-refractivity contribution in [1.29, 1.82) is 0 Å². The molecule has 0 saturated carbocycles. The number of halogens is 3. The Kier molecular flexibility index (Phi) is 7.22. The fraction of sp³-hybridized carbons (Fsp3) is 0.400. The molecular formula is C15H17F3N2O5. The fourth-order valence-corrected chi connectivity index (χ4v) is 1.62. The normalized spacial score (nSPS) is 12.0. The number of hydrogen-bond donors (Lipinski definition) is 2. The Hall–Kier alpha value is -2.78. The van der Waals surface area contributed by atoms with Crippen molar-refractivity contribution >= 4 is 17.8 Å². The summed E-state index contributed by atoms with van der Waals surface area (Å²) >= 11 is 0. The Morgan fingerprint density at radius 3 is 2.24 bits per heavy atom. The number of hydrogen-bond acceptors (Lipinski definition) is 5. The van der Waals surface area contributed by atoms with E-state index in [4.69, 9.17) is 4.74 Å². The zero-order chi connectivity index (χ0) is 19.0. The summed E-state index contributed by atoms with van der Waals surface area (Å²) in [5.74, 6) is -2.06. The van der Waals surface area contributed by atoms with Crippen LogP contribution in [0.5, 0.6) is 5.75 Å². The number of carbonyl (C=O) groups excluding carboxylic acids is 3. The predicted octanol–water partition coefficient (Wildman–Crippen LogP) is 1.04. The van der Waals surface area contributed by atoms with Crippen molar-refractivity contribution in [2.45, 2.75) is 19.2 Å². The van der Waals surface area contributed by atoms with Gasteiger partial charge in [0.05, 0.1) is 7.11 Å². The third kappa shape index (κ3) is 7.55. The highest BCUT2D eigenvalue weighted by Crippen LogP contribution is 2.12. The van der Waals surface area contributed by atoms with E-state index >= 15 is 0 Å². The van der Waals surface area contributed by atoms with Crippen LogP contribution in [0.1, 0.15) is 17.3 Å². The average molecular weight is 362 g/mol. The van der Waals surface area contributed by atoms with E-state index in [1.54, 1.807) is 17.4 Å². The van der Waals surface area contributed by atoms with E-state index in [9.17, 15) is 27.6 Å². The number of alkyl halides is 3. The quantitative estimate of drug-likeness (QED) is 0.707. The molecule has 0 aliphatic rings. The lowest BCUT2D eigenvalue weighted by Gasteiger charge is -2.14. The standard InChI is InChI=1S/C15H17F3N2O5/c1-9(13(22)20-8-15(16,17)18)25-12(21)7-19-14(23)10-3-5-11(24-2)6-4-10/h3-6,9H,7-8H2,1-2H3,(H,19,23)(H,20,22)/t9-/m1/s1. The molecule has 7 nitrogen and oxygen atoms in total. The van der Waals surface area contributed by atoms with Gasteiger partial charge in [0, 0.05) is 5.56 Å². The number of rotatable bonds is 7. The van der Waals surface area contributed by atoms with Crippen molar-refractivity contribution in [3.8, 4) is 5.75 Å². The van der Waals surface area contributed by atoms with Crippen LogP contribution in [0.25, 0.3) is 0 Å². The number of carbonyl (C=O) groups is 3. The zero-order valence-electron chi connectivity index (χ0n) is 13.5. The maximum absolute atomic E-state index is 12.0.